The summed E-state index contributed by atoms with van der Waals surface area (Å²) in [5.74, 6) is 0.931. The van der Waals surface area contributed by atoms with Gasteiger partial charge in [-0.25, -0.2) is 0 Å². The highest BCUT2D eigenvalue weighted by Gasteiger charge is 2.28. The molecule has 0 spiro atoms. The lowest BCUT2D eigenvalue weighted by molar-refractivity contribution is -0.384. The smallest absolute Gasteiger partial charge is 0.309 e. The lowest BCUT2D eigenvalue weighted by Gasteiger charge is -2.32. The third kappa shape index (κ3) is 5.60. The third-order valence-electron chi connectivity index (χ3n) is 6.03. The van der Waals surface area contributed by atoms with E-state index in [-0.39, 0.29) is 23.7 Å². The van der Waals surface area contributed by atoms with Crippen LogP contribution in [0.1, 0.15) is 31.0 Å². The Morgan fingerprint density at radius 2 is 1.91 bits per heavy atom. The summed E-state index contributed by atoms with van der Waals surface area (Å²) in [4.78, 5) is 25.2. The van der Waals surface area contributed by atoms with Crippen molar-refractivity contribution in [1.82, 2.24) is 16.3 Å². The predicted molar refractivity (Wildman–Crippen MR) is 134 cm³/mol. The standard InChI is InChI=1S/C24H25ClN4O5.H3N/c1-3-34-24(30)16-8-10-28(11-9-16)23-18-6-5-17(29(31)32)14-19(18)21(26-27-23)13-15-4-7-22(33-2)20(25)12-15;/h4-7,12,14,16H,3,8-11,13H2,1-2H3;1H3. The molecule has 3 N–H and O–H groups in total. The number of ether oxygens (including phenoxy) is 2. The zero-order chi connectivity index (χ0) is 24.2. The molecule has 11 heteroatoms. The molecule has 2 aromatic carbocycles. The molecule has 0 atom stereocenters. The van der Waals surface area contributed by atoms with Gasteiger partial charge in [-0.1, -0.05) is 17.7 Å². The molecular weight excluding hydrogens is 474 g/mol. The van der Waals surface area contributed by atoms with E-state index in [0.29, 0.717) is 66.6 Å². The third-order valence-corrected chi connectivity index (χ3v) is 6.33. The van der Waals surface area contributed by atoms with Crippen LogP contribution in [0.15, 0.2) is 36.4 Å². The SMILES string of the molecule is CCOC(=O)C1CCN(c2nnc(Cc3ccc(OC)c(Cl)c3)c3cc([N+](=O)[O-])ccc23)CC1.N. The van der Waals surface area contributed by atoms with Crippen molar-refractivity contribution in [2.24, 2.45) is 5.92 Å². The number of esters is 1. The summed E-state index contributed by atoms with van der Waals surface area (Å²) in [6, 6.07) is 10.2. The molecule has 0 aliphatic carbocycles. The van der Waals surface area contributed by atoms with Crippen molar-refractivity contribution < 1.29 is 19.2 Å². The average molecular weight is 502 g/mol. The lowest BCUT2D eigenvalue weighted by atomic mass is 9.96. The van der Waals surface area contributed by atoms with Gasteiger partial charge in [0.2, 0.25) is 0 Å². The van der Waals surface area contributed by atoms with E-state index in [2.05, 4.69) is 15.1 Å². The number of nitro groups is 1. The number of nitro benzene ring substituents is 1. The molecule has 10 nitrogen and oxygen atoms in total. The molecule has 2 heterocycles. The van der Waals surface area contributed by atoms with Crippen LogP contribution in [0.2, 0.25) is 5.02 Å². The van der Waals surface area contributed by atoms with Gasteiger partial charge in [-0.3, -0.25) is 14.9 Å². The number of hydrogen-bond acceptors (Lipinski definition) is 9. The summed E-state index contributed by atoms with van der Waals surface area (Å²) in [5.41, 5.74) is 1.49. The van der Waals surface area contributed by atoms with Gasteiger partial charge in [0.1, 0.15) is 5.75 Å². The highest BCUT2D eigenvalue weighted by molar-refractivity contribution is 6.32. The Balaban J connectivity index is 0.00000342. The number of fused-ring (bicyclic) bond motifs is 1. The van der Waals surface area contributed by atoms with E-state index in [0.717, 1.165) is 10.9 Å². The average Bonchev–Trinajstić information content (AvgIpc) is 2.84. The summed E-state index contributed by atoms with van der Waals surface area (Å²) in [7, 11) is 1.55. The topological polar surface area (TPSA) is 143 Å². The number of anilines is 1. The van der Waals surface area contributed by atoms with Gasteiger partial charge < -0.3 is 20.5 Å². The van der Waals surface area contributed by atoms with Gasteiger partial charge >= 0.3 is 5.97 Å². The highest BCUT2D eigenvalue weighted by atomic mass is 35.5. The molecule has 4 rings (SSSR count). The number of hydrogen-bond donors (Lipinski definition) is 1. The number of halogens is 1. The zero-order valence-electron chi connectivity index (χ0n) is 19.7. The predicted octanol–water partition coefficient (Wildman–Crippen LogP) is 4.73. The van der Waals surface area contributed by atoms with Crippen LogP contribution >= 0.6 is 11.6 Å². The Morgan fingerprint density at radius 3 is 2.54 bits per heavy atom. The number of nitrogens with zero attached hydrogens (tertiary/aromatic N) is 4. The summed E-state index contributed by atoms with van der Waals surface area (Å²) in [6.45, 7) is 3.42. The maximum Gasteiger partial charge on any atom is 0.309 e. The number of benzene rings is 2. The van der Waals surface area contributed by atoms with Crippen LogP contribution in [-0.2, 0) is 16.0 Å². The molecule has 1 saturated heterocycles. The first-order valence-electron chi connectivity index (χ1n) is 11.1. The van der Waals surface area contributed by atoms with Gasteiger partial charge in [0, 0.05) is 42.4 Å². The van der Waals surface area contributed by atoms with Crippen LogP contribution in [0.25, 0.3) is 10.8 Å². The van der Waals surface area contributed by atoms with Gasteiger partial charge in [0.15, 0.2) is 5.82 Å². The minimum Gasteiger partial charge on any atom is -0.495 e. The van der Waals surface area contributed by atoms with Crippen molar-refractivity contribution in [2.45, 2.75) is 26.2 Å². The summed E-state index contributed by atoms with van der Waals surface area (Å²) in [5, 5.41) is 22.3. The van der Waals surface area contributed by atoms with Gasteiger partial charge in [-0.05, 0) is 43.5 Å². The van der Waals surface area contributed by atoms with E-state index in [1.54, 1.807) is 38.3 Å². The highest BCUT2D eigenvalue weighted by Crippen LogP contribution is 2.33. The quantitative estimate of drug-likeness (QED) is 0.276. The van der Waals surface area contributed by atoms with Crippen molar-refractivity contribution in [3.63, 3.8) is 0 Å². The number of carbonyl (C=O) groups excluding carboxylic acids is 1. The van der Waals surface area contributed by atoms with E-state index < -0.39 is 4.92 Å². The zero-order valence-corrected chi connectivity index (χ0v) is 20.5. The van der Waals surface area contributed by atoms with Crippen molar-refractivity contribution in [3.8, 4) is 5.75 Å². The fourth-order valence-electron chi connectivity index (χ4n) is 4.26. The van der Waals surface area contributed by atoms with Crippen LogP contribution in [-0.4, -0.2) is 47.9 Å². The largest absolute Gasteiger partial charge is 0.495 e. The number of methoxy groups -OCH3 is 1. The number of non-ortho nitro benzene ring substituents is 1. The Hall–Kier alpha value is -3.50. The van der Waals surface area contributed by atoms with Crippen LogP contribution < -0.4 is 15.8 Å². The molecule has 0 unspecified atom stereocenters. The lowest BCUT2D eigenvalue weighted by Crippen LogP contribution is -2.37. The van der Waals surface area contributed by atoms with E-state index in [9.17, 15) is 14.9 Å². The van der Waals surface area contributed by atoms with Gasteiger partial charge in [0.05, 0.1) is 35.3 Å². The molecule has 186 valence electrons. The second-order valence-corrected chi connectivity index (χ2v) is 8.52. The van der Waals surface area contributed by atoms with Crippen LogP contribution in [0, 0.1) is 16.0 Å². The van der Waals surface area contributed by atoms with Crippen molar-refractivity contribution in [2.75, 3.05) is 31.7 Å². The fourth-order valence-corrected chi connectivity index (χ4v) is 4.54. The minimum atomic E-state index is -0.418. The van der Waals surface area contributed by atoms with Gasteiger partial charge in [-0.15, -0.1) is 5.10 Å². The van der Waals surface area contributed by atoms with Crippen molar-refractivity contribution in [3.05, 3.63) is 62.8 Å². The summed E-state index contributed by atoms with van der Waals surface area (Å²) in [6.07, 6.45) is 1.71. The van der Waals surface area contributed by atoms with Crippen LogP contribution in [0.3, 0.4) is 0 Å². The minimum absolute atomic E-state index is 0. The normalized spacial score (nSPS) is 13.9. The fraction of sp³-hybridized carbons (Fsp3) is 0.375. The second kappa shape index (κ2) is 11.3. The molecule has 3 aromatic rings. The molecule has 1 aliphatic heterocycles. The maximum atomic E-state index is 12.1. The number of rotatable bonds is 7. The Kier molecular flexibility index (Phi) is 8.42. The van der Waals surface area contributed by atoms with Gasteiger partial charge in [0.25, 0.3) is 5.69 Å². The molecule has 1 fully saturated rings. The molecule has 1 aromatic heterocycles. The molecule has 1 aliphatic rings. The Morgan fingerprint density at radius 1 is 1.17 bits per heavy atom. The van der Waals surface area contributed by atoms with E-state index in [4.69, 9.17) is 21.1 Å². The number of aromatic nitrogens is 2. The molecule has 0 bridgehead atoms. The summed E-state index contributed by atoms with van der Waals surface area (Å²) < 4.78 is 10.4. The molecule has 0 saturated carbocycles. The van der Waals surface area contributed by atoms with Crippen molar-refractivity contribution >= 4 is 39.8 Å². The molecular formula is C24H28ClN5O5. The Bertz CT molecular complexity index is 1230. The molecule has 35 heavy (non-hydrogen) atoms. The van der Waals surface area contributed by atoms with E-state index >= 15 is 0 Å². The monoisotopic (exact) mass is 501 g/mol. The van der Waals surface area contributed by atoms with Crippen LogP contribution in [0.5, 0.6) is 5.75 Å². The first-order chi connectivity index (χ1) is 16.4. The van der Waals surface area contributed by atoms with E-state index in [1.165, 1.54) is 6.07 Å². The van der Waals surface area contributed by atoms with Gasteiger partial charge in [-0.2, -0.15) is 5.10 Å². The first-order valence-corrected chi connectivity index (χ1v) is 11.5. The van der Waals surface area contributed by atoms with Crippen molar-refractivity contribution in [1.29, 1.82) is 0 Å². The molecule has 0 radical (unpaired) electrons. The number of carbonyl (C=O) groups is 1. The summed E-state index contributed by atoms with van der Waals surface area (Å²) >= 11 is 6.27. The van der Waals surface area contributed by atoms with E-state index in [1.807, 2.05) is 6.07 Å². The number of piperidine rings is 1. The molecule has 0 amide bonds. The maximum absolute atomic E-state index is 12.1. The Labute approximate surface area is 207 Å². The first kappa shape index (κ1) is 26.1. The second-order valence-electron chi connectivity index (χ2n) is 8.12. The van der Waals surface area contributed by atoms with Crippen LogP contribution in [0.4, 0.5) is 11.5 Å².